The summed E-state index contributed by atoms with van der Waals surface area (Å²) < 4.78 is 63.7. The van der Waals surface area contributed by atoms with Crippen LogP contribution >= 0.6 is 0 Å². The summed E-state index contributed by atoms with van der Waals surface area (Å²) in [5.74, 6) is -1.30. The first-order valence-corrected chi connectivity index (χ1v) is 15.2. The molecule has 0 saturated heterocycles. The fourth-order valence-corrected chi connectivity index (χ4v) is 5.18. The molecule has 0 radical (unpaired) electrons. The topological polar surface area (TPSA) is 121 Å². The minimum atomic E-state index is -4.49. The maximum absolute atomic E-state index is 13.0. The summed E-state index contributed by atoms with van der Waals surface area (Å²) in [6, 6.07) is 18.8. The van der Waals surface area contributed by atoms with Gasteiger partial charge in [0.2, 0.25) is 0 Å². The molecule has 1 aromatic heterocycles. The van der Waals surface area contributed by atoms with Gasteiger partial charge in [0.1, 0.15) is 11.6 Å². The molecule has 4 rings (SSSR count). The van der Waals surface area contributed by atoms with Crippen molar-refractivity contribution in [2.75, 3.05) is 24.0 Å². The second kappa shape index (κ2) is 12.6. The van der Waals surface area contributed by atoms with Crippen LogP contribution in [0.1, 0.15) is 45.8 Å². The fraction of sp³-hybridized carbons (Fsp3) is 0.300. The average molecular weight is 604 g/mol. The van der Waals surface area contributed by atoms with E-state index in [4.69, 9.17) is 0 Å². The number of carbonyl (C=O) groups is 1. The minimum absolute atomic E-state index is 0.0579. The van der Waals surface area contributed by atoms with Crippen LogP contribution in [0.15, 0.2) is 72.8 Å². The first-order valence-electron chi connectivity index (χ1n) is 13.1. The van der Waals surface area contributed by atoms with Gasteiger partial charge >= 0.3 is 12.1 Å². The largest absolute Gasteiger partial charge is 0.477 e. The molecule has 12 heteroatoms. The number of rotatable bonds is 12. The van der Waals surface area contributed by atoms with Crippen molar-refractivity contribution in [3.63, 3.8) is 0 Å². The van der Waals surface area contributed by atoms with Crippen molar-refractivity contribution in [1.82, 2.24) is 9.88 Å². The van der Waals surface area contributed by atoms with Crippen LogP contribution < -0.4 is 10.6 Å². The highest BCUT2D eigenvalue weighted by molar-refractivity contribution is 7.90. The van der Waals surface area contributed by atoms with Gasteiger partial charge < -0.3 is 25.4 Å². The zero-order valence-corrected chi connectivity index (χ0v) is 23.8. The molecule has 0 saturated carbocycles. The Kier molecular flexibility index (Phi) is 9.29. The van der Waals surface area contributed by atoms with E-state index in [1.54, 1.807) is 28.8 Å². The van der Waals surface area contributed by atoms with Crippen LogP contribution in [0, 0.1) is 0 Å². The molecule has 2 atom stereocenters. The summed E-state index contributed by atoms with van der Waals surface area (Å²) in [6.45, 7) is 2.20. The minimum Gasteiger partial charge on any atom is -0.477 e. The second-order valence-corrected chi connectivity index (χ2v) is 12.6. The van der Waals surface area contributed by atoms with Crippen molar-refractivity contribution in [3.8, 4) is 0 Å². The number of aromatic nitrogens is 1. The third-order valence-corrected chi connectivity index (χ3v) is 7.46. The Morgan fingerprint density at radius 3 is 2.43 bits per heavy atom. The van der Waals surface area contributed by atoms with Crippen LogP contribution in [0.25, 0.3) is 10.9 Å². The Morgan fingerprint density at radius 2 is 1.74 bits per heavy atom. The van der Waals surface area contributed by atoms with Gasteiger partial charge in [-0.05, 0) is 72.5 Å². The maximum Gasteiger partial charge on any atom is 0.416 e. The lowest BCUT2D eigenvalue weighted by Crippen LogP contribution is -2.32. The molecule has 0 spiro atoms. The molecular formula is C30H32F3N3O5S. The third-order valence-electron chi connectivity index (χ3n) is 6.79. The van der Waals surface area contributed by atoms with E-state index >= 15 is 0 Å². The number of alkyl halides is 3. The second-order valence-electron chi connectivity index (χ2n) is 10.4. The van der Waals surface area contributed by atoms with E-state index in [1.807, 2.05) is 31.2 Å². The molecule has 0 aliphatic carbocycles. The van der Waals surface area contributed by atoms with Gasteiger partial charge in [-0.15, -0.1) is 0 Å². The predicted octanol–water partition coefficient (Wildman–Crippen LogP) is 5.07. The first-order chi connectivity index (χ1) is 19.7. The maximum atomic E-state index is 13.0. The van der Waals surface area contributed by atoms with Gasteiger partial charge in [-0.1, -0.05) is 30.3 Å². The average Bonchev–Trinajstić information content (AvgIpc) is 3.27. The fourth-order valence-electron chi connectivity index (χ4n) is 4.75. The van der Waals surface area contributed by atoms with E-state index in [2.05, 4.69) is 10.6 Å². The summed E-state index contributed by atoms with van der Waals surface area (Å²) in [5, 5.41) is 27.0. The molecule has 0 fully saturated rings. The van der Waals surface area contributed by atoms with Crippen LogP contribution in [0.4, 0.5) is 18.9 Å². The molecule has 1 heterocycles. The van der Waals surface area contributed by atoms with Gasteiger partial charge in [-0.3, -0.25) is 0 Å². The number of fused-ring (bicyclic) bond motifs is 1. The van der Waals surface area contributed by atoms with Crippen molar-refractivity contribution in [2.45, 2.75) is 38.2 Å². The molecule has 8 nitrogen and oxygen atoms in total. The molecule has 4 aromatic rings. The quantitative estimate of drug-likeness (QED) is 0.178. The summed E-state index contributed by atoms with van der Waals surface area (Å²) >= 11 is 0. The smallest absolute Gasteiger partial charge is 0.416 e. The number of anilines is 1. The number of aromatic carboxylic acids is 1. The molecule has 0 bridgehead atoms. The zero-order valence-electron chi connectivity index (χ0n) is 23.0. The molecule has 3 aromatic carbocycles. The molecule has 0 amide bonds. The van der Waals surface area contributed by atoms with Crippen LogP contribution in [0.2, 0.25) is 0 Å². The van der Waals surface area contributed by atoms with Gasteiger partial charge in [-0.25, -0.2) is 13.2 Å². The van der Waals surface area contributed by atoms with Gasteiger partial charge in [0.05, 0.1) is 11.7 Å². The van der Waals surface area contributed by atoms with Crippen LogP contribution in [0.3, 0.4) is 0 Å². The lowest BCUT2D eigenvalue weighted by molar-refractivity contribution is -0.137. The normalized spacial score (nSPS) is 13.7. The number of aliphatic hydroxyl groups is 1. The molecule has 0 aliphatic heterocycles. The van der Waals surface area contributed by atoms with E-state index in [0.29, 0.717) is 17.6 Å². The predicted molar refractivity (Wildman–Crippen MR) is 155 cm³/mol. The Balaban J connectivity index is 1.46. The molecule has 224 valence electrons. The number of halogens is 3. The Labute approximate surface area is 241 Å². The Bertz CT molecular complexity index is 1690. The highest BCUT2D eigenvalue weighted by Crippen LogP contribution is 2.31. The van der Waals surface area contributed by atoms with Crippen molar-refractivity contribution in [1.29, 1.82) is 0 Å². The monoisotopic (exact) mass is 603 g/mol. The molecule has 2 unspecified atom stereocenters. The Hall–Kier alpha value is -3.87. The van der Waals surface area contributed by atoms with E-state index < -0.39 is 33.7 Å². The molecule has 4 N–H and O–H groups in total. The number of nitrogens with zero attached hydrogens (tertiary/aromatic N) is 1. The van der Waals surface area contributed by atoms with Crippen molar-refractivity contribution < 1.29 is 36.6 Å². The van der Waals surface area contributed by atoms with Crippen molar-refractivity contribution >= 4 is 32.4 Å². The number of sulfone groups is 1. The number of nitrogens with one attached hydrogen (secondary N) is 2. The van der Waals surface area contributed by atoms with E-state index in [-0.39, 0.29) is 36.3 Å². The number of aliphatic hydroxyl groups excluding tert-OH is 1. The first kappa shape index (κ1) is 31.1. The summed E-state index contributed by atoms with van der Waals surface area (Å²) in [5.41, 5.74) is 2.48. The van der Waals surface area contributed by atoms with Crippen molar-refractivity contribution in [2.24, 2.45) is 0 Å². The van der Waals surface area contributed by atoms with Gasteiger partial charge in [0.15, 0.2) is 9.84 Å². The Morgan fingerprint density at radius 1 is 1.00 bits per heavy atom. The SMILES string of the molecule is CC(Cc1ccc2c(c1)cc(C(=O)O)n2Cc1cccc(NCS(C)(=O)=O)c1)NCC(O)c1cccc(C(F)(F)F)c1. The summed E-state index contributed by atoms with van der Waals surface area (Å²) in [4.78, 5) is 12.1. The number of hydrogen-bond acceptors (Lipinski definition) is 6. The standard InChI is InChI=1S/C30H32F3N3O5S/c1-19(34-16-28(37)22-6-4-7-24(14-22)30(31,32)33)11-20-9-10-26-23(12-20)15-27(29(38)39)36(26)17-21-5-3-8-25(13-21)35-18-42(2,40)41/h3-10,12-15,19,28,34-35,37H,11,16-18H2,1-2H3,(H,38,39). The highest BCUT2D eigenvalue weighted by Gasteiger charge is 2.30. The van der Waals surface area contributed by atoms with Crippen molar-refractivity contribution in [3.05, 3.63) is 101 Å². The lowest BCUT2D eigenvalue weighted by Gasteiger charge is -2.18. The van der Waals surface area contributed by atoms with Crippen LogP contribution in [-0.4, -0.2) is 53.9 Å². The highest BCUT2D eigenvalue weighted by atomic mass is 32.2. The van der Waals surface area contributed by atoms with E-state index in [1.165, 1.54) is 12.1 Å². The number of hydrogen-bond donors (Lipinski definition) is 4. The van der Waals surface area contributed by atoms with E-state index in [0.717, 1.165) is 34.9 Å². The third kappa shape index (κ3) is 8.11. The molecular weight excluding hydrogens is 571 g/mol. The molecule has 42 heavy (non-hydrogen) atoms. The van der Waals surface area contributed by atoms with Gasteiger partial charge in [0.25, 0.3) is 0 Å². The summed E-state index contributed by atoms with van der Waals surface area (Å²) in [6.07, 6.45) is -3.95. The van der Waals surface area contributed by atoms with Crippen LogP contribution in [0.5, 0.6) is 0 Å². The van der Waals surface area contributed by atoms with Gasteiger partial charge in [-0.2, -0.15) is 13.2 Å². The molecule has 0 aliphatic rings. The number of carboxylic acid groups (broad SMARTS) is 1. The number of carboxylic acids is 1. The number of benzene rings is 3. The van der Waals surface area contributed by atoms with Crippen LogP contribution in [-0.2, 0) is 29.0 Å². The summed E-state index contributed by atoms with van der Waals surface area (Å²) in [7, 11) is -3.22. The van der Waals surface area contributed by atoms with E-state index in [9.17, 15) is 36.6 Å². The lowest BCUT2D eigenvalue weighted by atomic mass is 10.0. The van der Waals surface area contributed by atoms with Gasteiger partial charge in [0, 0.05) is 42.0 Å². The zero-order chi connectivity index (χ0) is 30.7.